The molecular weight excluding hydrogens is 350 g/mol. The predicted molar refractivity (Wildman–Crippen MR) is 98.2 cm³/mol. The number of aliphatic hydroxyl groups is 1. The number of rotatable bonds is 5. The Kier molecular flexibility index (Phi) is 4.52. The van der Waals surface area contributed by atoms with Crippen molar-refractivity contribution < 1.29 is 13.9 Å². The van der Waals surface area contributed by atoms with Crippen LogP contribution in [0.25, 0.3) is 16.9 Å². The van der Waals surface area contributed by atoms with E-state index in [2.05, 4.69) is 15.4 Å². The number of nitrogens with zero attached hydrogens (tertiary/aromatic N) is 3. The molecule has 0 saturated carbocycles. The number of nitrogens with one attached hydrogen (secondary N) is 1. The topological polar surface area (TPSA) is 62.5 Å². The monoisotopic (exact) mass is 366 g/mol. The Labute approximate surface area is 153 Å². The predicted octanol–water partition coefficient (Wildman–Crippen LogP) is 3.82. The van der Waals surface area contributed by atoms with Crippen LogP contribution in [-0.4, -0.2) is 26.2 Å². The van der Waals surface area contributed by atoms with Crippen LogP contribution in [0.4, 0.5) is 14.6 Å². The quantitative estimate of drug-likeness (QED) is 0.564. The first-order valence-corrected chi connectivity index (χ1v) is 8.38. The Morgan fingerprint density at radius 2 is 1.63 bits per heavy atom. The standard InChI is InChI=1S/C20H16F2N4O/c21-15-5-1-13(2-6-15)17-11-20(26-19(25-17)9-10-24-26)23-12-18(27)14-3-7-16(22)8-4-14/h1-11,18,23,27H,12H2/t18-/m1/s1. The molecule has 0 amide bonds. The SMILES string of the molecule is O[C@H](CNc1cc(-c2ccc(F)cc2)nc2ccnn12)c1ccc(F)cc1. The summed E-state index contributed by atoms with van der Waals surface area (Å²) in [6.07, 6.45) is 0.803. The van der Waals surface area contributed by atoms with Crippen LogP contribution in [0.15, 0.2) is 66.9 Å². The van der Waals surface area contributed by atoms with Gasteiger partial charge in [-0.15, -0.1) is 0 Å². The molecule has 0 spiro atoms. The van der Waals surface area contributed by atoms with Crippen molar-refractivity contribution in [2.75, 3.05) is 11.9 Å². The lowest BCUT2D eigenvalue weighted by Gasteiger charge is -2.15. The first-order valence-electron chi connectivity index (χ1n) is 8.38. The molecule has 0 aliphatic carbocycles. The van der Waals surface area contributed by atoms with E-state index < -0.39 is 6.10 Å². The van der Waals surface area contributed by atoms with Crippen LogP contribution in [-0.2, 0) is 0 Å². The Morgan fingerprint density at radius 1 is 0.963 bits per heavy atom. The molecule has 0 saturated heterocycles. The molecule has 27 heavy (non-hydrogen) atoms. The number of aromatic nitrogens is 3. The Balaban J connectivity index is 1.61. The van der Waals surface area contributed by atoms with Gasteiger partial charge in [0, 0.05) is 24.2 Å². The highest BCUT2D eigenvalue weighted by molar-refractivity contribution is 5.66. The average Bonchev–Trinajstić information content (AvgIpc) is 3.15. The normalized spacial score (nSPS) is 12.3. The summed E-state index contributed by atoms with van der Waals surface area (Å²) in [5, 5.41) is 17.7. The van der Waals surface area contributed by atoms with Gasteiger partial charge in [0.1, 0.15) is 17.5 Å². The van der Waals surface area contributed by atoms with Gasteiger partial charge in [0.25, 0.3) is 0 Å². The summed E-state index contributed by atoms with van der Waals surface area (Å²) in [5.74, 6) is -0.0364. The van der Waals surface area contributed by atoms with E-state index in [1.165, 1.54) is 24.3 Å². The maximum atomic E-state index is 13.2. The second kappa shape index (κ2) is 7.13. The molecule has 7 heteroatoms. The van der Waals surface area contributed by atoms with E-state index >= 15 is 0 Å². The summed E-state index contributed by atoms with van der Waals surface area (Å²) >= 11 is 0. The number of hydrogen-bond donors (Lipinski definition) is 2. The molecule has 0 fully saturated rings. The van der Waals surface area contributed by atoms with Crippen molar-refractivity contribution in [3.8, 4) is 11.3 Å². The third-order valence-corrected chi connectivity index (χ3v) is 4.23. The van der Waals surface area contributed by atoms with E-state index in [-0.39, 0.29) is 18.2 Å². The van der Waals surface area contributed by atoms with E-state index in [1.807, 2.05) is 0 Å². The molecule has 0 bridgehead atoms. The number of aliphatic hydroxyl groups excluding tert-OH is 1. The van der Waals surface area contributed by atoms with Crippen molar-refractivity contribution in [2.45, 2.75) is 6.10 Å². The minimum atomic E-state index is -0.821. The van der Waals surface area contributed by atoms with Gasteiger partial charge in [-0.1, -0.05) is 12.1 Å². The van der Waals surface area contributed by atoms with Crippen molar-refractivity contribution in [1.29, 1.82) is 0 Å². The Morgan fingerprint density at radius 3 is 2.33 bits per heavy atom. The van der Waals surface area contributed by atoms with Gasteiger partial charge in [0.2, 0.25) is 0 Å². The minimum Gasteiger partial charge on any atom is -0.387 e. The van der Waals surface area contributed by atoms with Crippen LogP contribution in [0.5, 0.6) is 0 Å². The van der Waals surface area contributed by atoms with Crippen molar-refractivity contribution in [3.05, 3.63) is 84.1 Å². The van der Waals surface area contributed by atoms with Gasteiger partial charge in [0.15, 0.2) is 5.65 Å². The Bertz CT molecular complexity index is 1060. The summed E-state index contributed by atoms with van der Waals surface area (Å²) in [6.45, 7) is 0.202. The molecule has 136 valence electrons. The smallest absolute Gasteiger partial charge is 0.157 e. The van der Waals surface area contributed by atoms with E-state index in [1.54, 1.807) is 47.1 Å². The summed E-state index contributed by atoms with van der Waals surface area (Å²) in [5.41, 5.74) is 2.65. The fourth-order valence-corrected chi connectivity index (χ4v) is 2.81. The molecule has 0 radical (unpaired) electrons. The molecule has 1 atom stereocenters. The van der Waals surface area contributed by atoms with Crippen molar-refractivity contribution in [1.82, 2.24) is 14.6 Å². The fraction of sp³-hybridized carbons (Fsp3) is 0.100. The zero-order valence-electron chi connectivity index (χ0n) is 14.2. The largest absolute Gasteiger partial charge is 0.387 e. The molecular formula is C20H16F2N4O. The maximum absolute atomic E-state index is 13.2. The van der Waals surface area contributed by atoms with Crippen LogP contribution < -0.4 is 5.32 Å². The maximum Gasteiger partial charge on any atom is 0.157 e. The first-order chi connectivity index (χ1) is 13.1. The summed E-state index contributed by atoms with van der Waals surface area (Å²) in [4.78, 5) is 4.52. The van der Waals surface area contributed by atoms with Crippen LogP contribution in [0.1, 0.15) is 11.7 Å². The number of hydrogen-bond acceptors (Lipinski definition) is 4. The van der Waals surface area contributed by atoms with E-state index in [4.69, 9.17) is 0 Å². The van der Waals surface area contributed by atoms with Gasteiger partial charge in [-0.2, -0.15) is 9.61 Å². The first kappa shape index (κ1) is 17.1. The second-order valence-corrected chi connectivity index (χ2v) is 6.08. The third kappa shape index (κ3) is 3.63. The zero-order valence-corrected chi connectivity index (χ0v) is 14.2. The zero-order chi connectivity index (χ0) is 18.8. The molecule has 0 aliphatic heterocycles. The molecule has 5 nitrogen and oxygen atoms in total. The molecule has 2 N–H and O–H groups in total. The fourth-order valence-electron chi connectivity index (χ4n) is 2.81. The van der Waals surface area contributed by atoms with Crippen LogP contribution in [0.2, 0.25) is 0 Å². The van der Waals surface area contributed by atoms with Crippen LogP contribution in [0.3, 0.4) is 0 Å². The van der Waals surface area contributed by atoms with Crippen molar-refractivity contribution in [2.24, 2.45) is 0 Å². The van der Waals surface area contributed by atoms with Crippen LogP contribution in [0, 0.1) is 11.6 Å². The van der Waals surface area contributed by atoms with Gasteiger partial charge < -0.3 is 10.4 Å². The summed E-state index contributed by atoms with van der Waals surface area (Å²) in [7, 11) is 0. The molecule has 0 aliphatic rings. The van der Waals surface area contributed by atoms with Gasteiger partial charge in [-0.05, 0) is 42.0 Å². The third-order valence-electron chi connectivity index (χ3n) is 4.23. The lowest BCUT2D eigenvalue weighted by atomic mass is 10.1. The number of anilines is 1. The molecule has 2 aromatic heterocycles. The summed E-state index contributed by atoms with van der Waals surface area (Å²) in [6, 6.07) is 15.3. The van der Waals surface area contributed by atoms with Gasteiger partial charge >= 0.3 is 0 Å². The molecule has 2 heterocycles. The van der Waals surface area contributed by atoms with E-state index in [0.29, 0.717) is 22.7 Å². The molecule has 4 aromatic rings. The lowest BCUT2D eigenvalue weighted by molar-refractivity contribution is 0.191. The average molecular weight is 366 g/mol. The molecule has 2 aromatic carbocycles. The summed E-state index contributed by atoms with van der Waals surface area (Å²) < 4.78 is 27.8. The highest BCUT2D eigenvalue weighted by atomic mass is 19.1. The van der Waals surface area contributed by atoms with Gasteiger partial charge in [0.05, 0.1) is 18.0 Å². The number of halogens is 2. The molecule has 4 rings (SSSR count). The number of fused-ring (bicyclic) bond motifs is 1. The minimum absolute atomic E-state index is 0.202. The number of benzene rings is 2. The van der Waals surface area contributed by atoms with E-state index in [9.17, 15) is 13.9 Å². The van der Waals surface area contributed by atoms with Crippen LogP contribution >= 0.6 is 0 Å². The van der Waals surface area contributed by atoms with Crippen molar-refractivity contribution in [3.63, 3.8) is 0 Å². The van der Waals surface area contributed by atoms with Gasteiger partial charge in [-0.3, -0.25) is 0 Å². The second-order valence-electron chi connectivity index (χ2n) is 6.08. The highest BCUT2D eigenvalue weighted by Crippen LogP contribution is 2.23. The highest BCUT2D eigenvalue weighted by Gasteiger charge is 2.12. The van der Waals surface area contributed by atoms with Crippen molar-refractivity contribution >= 4 is 11.5 Å². The Hall–Kier alpha value is -3.32. The molecule has 0 unspecified atom stereocenters. The lowest BCUT2D eigenvalue weighted by Crippen LogP contribution is -2.15. The van der Waals surface area contributed by atoms with Gasteiger partial charge in [-0.25, -0.2) is 13.8 Å². The van der Waals surface area contributed by atoms with E-state index in [0.717, 1.165) is 5.56 Å².